The van der Waals surface area contributed by atoms with Crippen LogP contribution < -0.4 is 5.32 Å². The molecule has 0 spiro atoms. The molecule has 1 aromatic carbocycles. The second kappa shape index (κ2) is 6.70. The Hall–Kier alpha value is -1.91. The van der Waals surface area contributed by atoms with Crippen molar-refractivity contribution in [2.75, 3.05) is 6.54 Å². The lowest BCUT2D eigenvalue weighted by Crippen LogP contribution is -2.44. The van der Waals surface area contributed by atoms with Gasteiger partial charge in [0.25, 0.3) is 0 Å². The van der Waals surface area contributed by atoms with Crippen LogP contribution in [0.1, 0.15) is 37.3 Å². The summed E-state index contributed by atoms with van der Waals surface area (Å²) in [6.45, 7) is 4.59. The fraction of sp³-hybridized carbons (Fsp3) is 0.500. The molecule has 1 aliphatic heterocycles. The first-order valence-corrected chi connectivity index (χ1v) is 7.34. The molecule has 2 amide bonds. The number of carbonyl (C=O) groups is 2. The van der Waals surface area contributed by atoms with E-state index >= 15 is 0 Å². The predicted octanol–water partition coefficient (Wildman–Crippen LogP) is 2.15. The van der Waals surface area contributed by atoms with Crippen molar-refractivity contribution >= 4 is 11.8 Å². The molecule has 5 heteroatoms. The Morgan fingerprint density at radius 1 is 1.38 bits per heavy atom. The summed E-state index contributed by atoms with van der Waals surface area (Å²) in [6, 6.07) is 4.12. The van der Waals surface area contributed by atoms with Crippen LogP contribution >= 0.6 is 0 Å². The second-order valence-corrected chi connectivity index (χ2v) is 5.49. The van der Waals surface area contributed by atoms with Gasteiger partial charge in [-0.3, -0.25) is 9.59 Å². The van der Waals surface area contributed by atoms with Crippen molar-refractivity contribution in [1.29, 1.82) is 0 Å². The van der Waals surface area contributed by atoms with Gasteiger partial charge in [0.2, 0.25) is 11.8 Å². The van der Waals surface area contributed by atoms with Gasteiger partial charge in [-0.25, -0.2) is 4.39 Å². The van der Waals surface area contributed by atoms with Crippen molar-refractivity contribution in [3.63, 3.8) is 0 Å². The lowest BCUT2D eigenvalue weighted by Gasteiger charge is -2.24. The third-order valence-corrected chi connectivity index (χ3v) is 3.80. The Morgan fingerprint density at radius 2 is 2.14 bits per heavy atom. The molecular formula is C16H21FN2O2. The van der Waals surface area contributed by atoms with Gasteiger partial charge < -0.3 is 10.2 Å². The van der Waals surface area contributed by atoms with Crippen molar-refractivity contribution in [2.45, 2.75) is 45.7 Å². The van der Waals surface area contributed by atoms with Crippen LogP contribution in [0.2, 0.25) is 0 Å². The Bertz CT molecular complexity index is 545. The van der Waals surface area contributed by atoms with Crippen LogP contribution in [0.15, 0.2) is 18.2 Å². The van der Waals surface area contributed by atoms with E-state index in [0.717, 1.165) is 17.5 Å². The molecule has 4 nitrogen and oxygen atoms in total. The number of hydrogen-bond donors (Lipinski definition) is 1. The minimum Gasteiger partial charge on any atom is -0.344 e. The van der Waals surface area contributed by atoms with Crippen LogP contribution in [0, 0.1) is 12.7 Å². The lowest BCUT2D eigenvalue weighted by molar-refractivity contribution is -0.134. The van der Waals surface area contributed by atoms with Gasteiger partial charge in [0.15, 0.2) is 0 Å². The summed E-state index contributed by atoms with van der Waals surface area (Å²) in [4.78, 5) is 25.8. The molecule has 0 radical (unpaired) electrons. The summed E-state index contributed by atoms with van der Waals surface area (Å²) in [5.74, 6) is -0.483. The summed E-state index contributed by atoms with van der Waals surface area (Å²) in [5, 5.41) is 2.77. The van der Waals surface area contributed by atoms with Crippen molar-refractivity contribution in [1.82, 2.24) is 10.2 Å². The van der Waals surface area contributed by atoms with Gasteiger partial charge in [-0.05, 0) is 36.6 Å². The van der Waals surface area contributed by atoms with Gasteiger partial charge in [0.05, 0.1) is 0 Å². The number of aryl methyl sites for hydroxylation is 1. The number of amides is 2. The molecule has 2 rings (SSSR count). The number of carbonyl (C=O) groups excluding carboxylic acids is 2. The van der Waals surface area contributed by atoms with Crippen LogP contribution in [0.3, 0.4) is 0 Å². The minimum absolute atomic E-state index is 0.0774. The first kappa shape index (κ1) is 15.5. The Labute approximate surface area is 124 Å². The highest BCUT2D eigenvalue weighted by Crippen LogP contribution is 2.16. The van der Waals surface area contributed by atoms with Gasteiger partial charge in [-0.15, -0.1) is 0 Å². The highest BCUT2D eigenvalue weighted by atomic mass is 19.1. The molecule has 1 N–H and O–H groups in total. The monoisotopic (exact) mass is 292 g/mol. The van der Waals surface area contributed by atoms with Crippen molar-refractivity contribution in [3.8, 4) is 0 Å². The molecule has 1 fully saturated rings. The Balaban J connectivity index is 2.18. The number of halogens is 1. The van der Waals surface area contributed by atoms with Gasteiger partial charge >= 0.3 is 0 Å². The average molecular weight is 292 g/mol. The Morgan fingerprint density at radius 3 is 2.86 bits per heavy atom. The summed E-state index contributed by atoms with van der Waals surface area (Å²) in [5.41, 5.74) is 1.73. The summed E-state index contributed by atoms with van der Waals surface area (Å²) < 4.78 is 13.4. The van der Waals surface area contributed by atoms with Gasteiger partial charge in [-0.1, -0.05) is 19.4 Å². The lowest BCUT2D eigenvalue weighted by atomic mass is 10.1. The SMILES string of the molecule is CCCC1NC(=O)CCN(Cc2cc(F)ccc2C)C1=O. The topological polar surface area (TPSA) is 49.4 Å². The van der Waals surface area contributed by atoms with E-state index < -0.39 is 6.04 Å². The summed E-state index contributed by atoms with van der Waals surface area (Å²) in [6.07, 6.45) is 1.74. The van der Waals surface area contributed by atoms with Crippen LogP contribution in [0.25, 0.3) is 0 Å². The maximum atomic E-state index is 13.4. The molecule has 1 heterocycles. The average Bonchev–Trinajstić information content (AvgIpc) is 2.57. The zero-order valence-electron chi connectivity index (χ0n) is 12.5. The molecule has 1 unspecified atom stereocenters. The first-order valence-electron chi connectivity index (χ1n) is 7.34. The molecular weight excluding hydrogens is 271 g/mol. The van der Waals surface area contributed by atoms with Crippen LogP contribution in [0.5, 0.6) is 0 Å². The van der Waals surface area contributed by atoms with E-state index in [4.69, 9.17) is 0 Å². The first-order chi connectivity index (χ1) is 10.0. The van der Waals surface area contributed by atoms with Crippen LogP contribution in [-0.4, -0.2) is 29.3 Å². The number of nitrogens with one attached hydrogen (secondary N) is 1. The predicted molar refractivity (Wildman–Crippen MR) is 78.0 cm³/mol. The van der Waals surface area contributed by atoms with Gasteiger partial charge in [-0.2, -0.15) is 0 Å². The highest BCUT2D eigenvalue weighted by Gasteiger charge is 2.29. The number of rotatable bonds is 4. The summed E-state index contributed by atoms with van der Waals surface area (Å²) in [7, 11) is 0. The normalized spacial score (nSPS) is 19.4. The van der Waals surface area contributed by atoms with E-state index in [1.807, 2.05) is 13.8 Å². The molecule has 0 aliphatic carbocycles. The summed E-state index contributed by atoms with van der Waals surface area (Å²) >= 11 is 0. The van der Waals surface area contributed by atoms with Gasteiger partial charge in [0.1, 0.15) is 11.9 Å². The third kappa shape index (κ3) is 3.80. The largest absolute Gasteiger partial charge is 0.344 e. The van der Waals surface area contributed by atoms with Crippen molar-refractivity contribution in [3.05, 3.63) is 35.1 Å². The smallest absolute Gasteiger partial charge is 0.245 e. The van der Waals surface area contributed by atoms with Crippen LogP contribution in [-0.2, 0) is 16.1 Å². The number of nitrogens with zero attached hydrogens (tertiary/aromatic N) is 1. The third-order valence-electron chi connectivity index (χ3n) is 3.80. The molecule has 0 saturated carbocycles. The molecule has 0 aromatic heterocycles. The van der Waals surface area contributed by atoms with E-state index in [9.17, 15) is 14.0 Å². The van der Waals surface area contributed by atoms with E-state index in [1.165, 1.54) is 12.1 Å². The number of benzene rings is 1. The van der Waals surface area contributed by atoms with Crippen molar-refractivity contribution < 1.29 is 14.0 Å². The molecule has 0 bridgehead atoms. The van der Waals surface area contributed by atoms with E-state index in [1.54, 1.807) is 11.0 Å². The van der Waals surface area contributed by atoms with Gasteiger partial charge in [0, 0.05) is 19.5 Å². The molecule has 1 aliphatic rings. The quantitative estimate of drug-likeness (QED) is 0.924. The Kier molecular flexibility index (Phi) is 4.94. The highest BCUT2D eigenvalue weighted by molar-refractivity contribution is 5.89. The van der Waals surface area contributed by atoms with Crippen LogP contribution in [0.4, 0.5) is 4.39 Å². The standard InChI is InChI=1S/C16H21FN2O2/c1-3-4-14-16(21)19(8-7-15(20)18-14)10-12-9-13(17)6-5-11(12)2/h5-6,9,14H,3-4,7-8,10H2,1-2H3,(H,18,20). The van der Waals surface area contributed by atoms with Crippen molar-refractivity contribution in [2.24, 2.45) is 0 Å². The fourth-order valence-electron chi connectivity index (χ4n) is 2.55. The van der Waals surface area contributed by atoms with E-state index in [-0.39, 0.29) is 17.6 Å². The molecule has 1 aromatic rings. The fourth-order valence-corrected chi connectivity index (χ4v) is 2.55. The second-order valence-electron chi connectivity index (χ2n) is 5.49. The zero-order chi connectivity index (χ0) is 15.4. The number of hydrogen-bond acceptors (Lipinski definition) is 2. The zero-order valence-corrected chi connectivity index (χ0v) is 12.5. The molecule has 114 valence electrons. The molecule has 1 saturated heterocycles. The molecule has 21 heavy (non-hydrogen) atoms. The maximum Gasteiger partial charge on any atom is 0.245 e. The minimum atomic E-state index is -0.459. The van der Waals surface area contributed by atoms with E-state index in [0.29, 0.717) is 25.9 Å². The molecule has 1 atom stereocenters. The maximum absolute atomic E-state index is 13.4. The van der Waals surface area contributed by atoms with E-state index in [2.05, 4.69) is 5.32 Å².